The van der Waals surface area contributed by atoms with Crippen molar-refractivity contribution in [2.45, 2.75) is 33.7 Å². The number of urea groups is 1. The van der Waals surface area contributed by atoms with E-state index in [0.29, 0.717) is 18.3 Å². The molecule has 3 rings (SSSR count). The van der Waals surface area contributed by atoms with Crippen molar-refractivity contribution in [3.8, 4) is 0 Å². The van der Waals surface area contributed by atoms with E-state index >= 15 is 0 Å². The Labute approximate surface area is 146 Å². The molecule has 1 aromatic rings. The van der Waals surface area contributed by atoms with Crippen molar-refractivity contribution >= 4 is 23.7 Å². The minimum atomic E-state index is -0.619. The molecule has 3 amide bonds. The molecule has 1 fully saturated rings. The quantitative estimate of drug-likeness (QED) is 0.607. The maximum absolute atomic E-state index is 13.0. The van der Waals surface area contributed by atoms with Gasteiger partial charge in [0.1, 0.15) is 5.69 Å². The minimum Gasteiger partial charge on any atom is -0.270 e. The Balaban J connectivity index is 2.12. The topological polar surface area (TPSA) is 73.8 Å². The molecule has 1 aromatic heterocycles. The van der Waals surface area contributed by atoms with Crippen molar-refractivity contribution in [1.82, 2.24) is 19.6 Å². The zero-order valence-corrected chi connectivity index (χ0v) is 15.3. The van der Waals surface area contributed by atoms with Crippen LogP contribution < -0.4 is 0 Å². The van der Waals surface area contributed by atoms with Crippen LogP contribution in [0, 0.1) is 13.8 Å². The first-order valence-electron chi connectivity index (χ1n) is 8.25. The molecule has 8 nitrogen and oxygen atoms in total. The summed E-state index contributed by atoms with van der Waals surface area (Å²) in [5.41, 5.74) is 2.55. The van der Waals surface area contributed by atoms with Crippen LogP contribution in [-0.4, -0.2) is 74.1 Å². The van der Waals surface area contributed by atoms with Crippen molar-refractivity contribution in [2.24, 2.45) is 4.99 Å². The molecular formula is C17H23N6O2+. The second-order valence-corrected chi connectivity index (χ2v) is 6.52. The van der Waals surface area contributed by atoms with Gasteiger partial charge in [0, 0.05) is 7.05 Å². The average molecular weight is 343 g/mol. The third kappa shape index (κ3) is 2.57. The fraction of sp³-hybridized carbons (Fsp3) is 0.471. The molecular weight excluding hydrogens is 320 g/mol. The highest BCUT2D eigenvalue weighted by atomic mass is 16.2. The lowest BCUT2D eigenvalue weighted by atomic mass is 10.1. The summed E-state index contributed by atoms with van der Waals surface area (Å²) in [6, 6.07) is 0.951. The first-order valence-corrected chi connectivity index (χ1v) is 8.25. The first kappa shape index (κ1) is 17.1. The molecule has 8 heteroatoms. The van der Waals surface area contributed by atoms with Crippen molar-refractivity contribution in [2.75, 3.05) is 20.1 Å². The van der Waals surface area contributed by atoms with Crippen LogP contribution in [0.25, 0.3) is 0 Å². The number of rotatable bonds is 3. The Morgan fingerprint density at radius 1 is 1.36 bits per heavy atom. The van der Waals surface area contributed by atoms with E-state index in [4.69, 9.17) is 0 Å². The Bertz CT molecular complexity index is 847. The van der Waals surface area contributed by atoms with Gasteiger partial charge in [0.05, 0.1) is 18.8 Å². The van der Waals surface area contributed by atoms with E-state index < -0.39 is 6.04 Å². The fourth-order valence-electron chi connectivity index (χ4n) is 3.25. The van der Waals surface area contributed by atoms with Gasteiger partial charge in [-0.2, -0.15) is 0 Å². The lowest BCUT2D eigenvalue weighted by Crippen LogP contribution is -2.63. The van der Waals surface area contributed by atoms with Crippen molar-refractivity contribution in [3.63, 3.8) is 0 Å². The molecule has 2 aliphatic heterocycles. The van der Waals surface area contributed by atoms with Gasteiger partial charge in [0.2, 0.25) is 11.9 Å². The van der Waals surface area contributed by atoms with E-state index in [1.54, 1.807) is 18.7 Å². The van der Waals surface area contributed by atoms with Gasteiger partial charge >= 0.3 is 12.0 Å². The molecule has 0 N–H and O–H groups in total. The third-order valence-electron chi connectivity index (χ3n) is 4.36. The number of imide groups is 1. The molecule has 0 aromatic carbocycles. The zero-order chi connectivity index (χ0) is 18.5. The number of aliphatic imine (C=N–C) groups is 1. The molecule has 3 heterocycles. The minimum absolute atomic E-state index is 0.207. The molecule has 0 bridgehead atoms. The standard InChI is InChI=1S/C17H23N6O2/c1-7-21-13-14(18-16(21)23-12(5)8-11(4)19-23)20(6)17(25)22(15(13)24)9-10(2)3/h8,13H,2,7,9H2,1,3-6H3/q+1. The highest BCUT2D eigenvalue weighted by molar-refractivity contribution is 6.23. The maximum Gasteiger partial charge on any atom is 0.421 e. The van der Waals surface area contributed by atoms with Crippen LogP contribution in [-0.2, 0) is 4.79 Å². The second kappa shape index (κ2) is 5.94. The van der Waals surface area contributed by atoms with Gasteiger partial charge in [-0.05, 0) is 33.8 Å². The molecule has 1 unspecified atom stereocenters. The summed E-state index contributed by atoms with van der Waals surface area (Å²) < 4.78 is 3.60. The lowest BCUT2D eigenvalue weighted by molar-refractivity contribution is -0.534. The SMILES string of the molecule is C=C(C)CN1C(=O)C2C(=NC(n3nc(C)cc3C)=[N+]2CC)N(C)C1=O. The summed E-state index contributed by atoms with van der Waals surface area (Å²) in [6.45, 7) is 12.2. The van der Waals surface area contributed by atoms with E-state index in [1.807, 2.05) is 31.4 Å². The van der Waals surface area contributed by atoms with Gasteiger partial charge in [-0.1, -0.05) is 17.1 Å². The highest BCUT2D eigenvalue weighted by Crippen LogP contribution is 2.21. The average Bonchev–Trinajstić information content (AvgIpc) is 3.08. The number of hydrogen-bond donors (Lipinski definition) is 0. The molecule has 0 radical (unpaired) electrons. The number of fused-ring (bicyclic) bond motifs is 1. The largest absolute Gasteiger partial charge is 0.421 e. The Hall–Kier alpha value is -2.77. The predicted octanol–water partition coefficient (Wildman–Crippen LogP) is 0.987. The first-order chi connectivity index (χ1) is 11.8. The number of nitrogens with zero attached hydrogens (tertiary/aromatic N) is 6. The van der Waals surface area contributed by atoms with Crippen LogP contribution in [0.15, 0.2) is 23.2 Å². The lowest BCUT2D eigenvalue weighted by Gasteiger charge is -2.34. The fourth-order valence-corrected chi connectivity index (χ4v) is 3.25. The number of carbonyl (C=O) groups is 2. The zero-order valence-electron chi connectivity index (χ0n) is 15.3. The molecule has 1 atom stereocenters. The Kier molecular flexibility index (Phi) is 4.06. The Morgan fingerprint density at radius 3 is 2.56 bits per heavy atom. The summed E-state index contributed by atoms with van der Waals surface area (Å²) in [5.74, 6) is 0.735. The van der Waals surface area contributed by atoms with Crippen LogP contribution in [0.2, 0.25) is 0 Å². The number of aromatic nitrogens is 2. The second-order valence-electron chi connectivity index (χ2n) is 6.52. The summed E-state index contributed by atoms with van der Waals surface area (Å²) in [4.78, 5) is 32.9. The molecule has 0 aliphatic carbocycles. The molecule has 1 saturated heterocycles. The number of amidine groups is 1. The van der Waals surface area contributed by atoms with E-state index in [0.717, 1.165) is 17.0 Å². The molecule has 0 spiro atoms. The van der Waals surface area contributed by atoms with Crippen LogP contribution in [0.1, 0.15) is 25.2 Å². The van der Waals surface area contributed by atoms with Crippen molar-refractivity contribution in [3.05, 3.63) is 29.6 Å². The van der Waals surface area contributed by atoms with Crippen LogP contribution in [0.4, 0.5) is 4.79 Å². The summed E-state index contributed by atoms with van der Waals surface area (Å²) >= 11 is 0. The summed E-state index contributed by atoms with van der Waals surface area (Å²) in [5, 5.41) is 4.47. The van der Waals surface area contributed by atoms with E-state index in [1.165, 1.54) is 9.80 Å². The summed E-state index contributed by atoms with van der Waals surface area (Å²) in [7, 11) is 1.64. The number of carbonyl (C=O) groups excluding carboxylic acids is 2. The molecule has 25 heavy (non-hydrogen) atoms. The molecule has 0 saturated carbocycles. The predicted molar refractivity (Wildman–Crippen MR) is 93.8 cm³/mol. The number of amides is 3. The van der Waals surface area contributed by atoms with Gasteiger partial charge < -0.3 is 0 Å². The molecule has 132 valence electrons. The van der Waals surface area contributed by atoms with E-state index in [-0.39, 0.29) is 18.5 Å². The smallest absolute Gasteiger partial charge is 0.270 e. The Morgan fingerprint density at radius 2 is 2.04 bits per heavy atom. The number of aryl methyl sites for hydroxylation is 2. The maximum atomic E-state index is 13.0. The van der Waals surface area contributed by atoms with E-state index in [9.17, 15) is 9.59 Å². The van der Waals surface area contributed by atoms with Gasteiger partial charge in [-0.15, -0.1) is 9.78 Å². The van der Waals surface area contributed by atoms with Gasteiger partial charge in [-0.25, -0.2) is 9.37 Å². The normalized spacial score (nSPS) is 20.4. The van der Waals surface area contributed by atoms with Crippen LogP contribution in [0.5, 0.6) is 0 Å². The van der Waals surface area contributed by atoms with E-state index in [2.05, 4.69) is 16.7 Å². The number of likely N-dealkylation sites (N-methyl/N-ethyl adjacent to an activating group) is 2. The van der Waals surface area contributed by atoms with Crippen molar-refractivity contribution < 1.29 is 14.2 Å². The van der Waals surface area contributed by atoms with Crippen LogP contribution >= 0.6 is 0 Å². The molecule has 2 aliphatic rings. The van der Waals surface area contributed by atoms with Gasteiger partial charge in [0.25, 0.3) is 5.91 Å². The number of hydrogen-bond acceptors (Lipinski definition) is 4. The summed E-state index contributed by atoms with van der Waals surface area (Å²) in [6.07, 6.45) is 0. The van der Waals surface area contributed by atoms with Gasteiger partial charge in [-0.3, -0.25) is 14.6 Å². The van der Waals surface area contributed by atoms with Gasteiger partial charge in [0.15, 0.2) is 0 Å². The highest BCUT2D eigenvalue weighted by Gasteiger charge is 2.52. The monoisotopic (exact) mass is 343 g/mol. The third-order valence-corrected chi connectivity index (χ3v) is 4.36. The van der Waals surface area contributed by atoms with Crippen molar-refractivity contribution in [1.29, 1.82) is 0 Å². The van der Waals surface area contributed by atoms with Crippen LogP contribution in [0.3, 0.4) is 0 Å².